The third kappa shape index (κ3) is 4.58. The van der Waals surface area contributed by atoms with E-state index in [0.29, 0.717) is 5.95 Å². The molecule has 1 aliphatic carbocycles. The Morgan fingerprint density at radius 3 is 2.58 bits per heavy atom. The highest BCUT2D eigenvalue weighted by molar-refractivity contribution is 5.94. The minimum Gasteiger partial charge on any atom is -0.349 e. The lowest BCUT2D eigenvalue weighted by molar-refractivity contribution is -0.116. The summed E-state index contributed by atoms with van der Waals surface area (Å²) in [6, 6.07) is 12.9. The summed E-state index contributed by atoms with van der Waals surface area (Å²) >= 11 is 0. The van der Waals surface area contributed by atoms with Crippen molar-refractivity contribution < 1.29 is 9.59 Å². The van der Waals surface area contributed by atoms with Crippen molar-refractivity contribution in [1.82, 2.24) is 19.4 Å². The molecule has 0 bridgehead atoms. The molecule has 1 fully saturated rings. The first kappa shape index (κ1) is 20.6. The van der Waals surface area contributed by atoms with Crippen molar-refractivity contribution in [3.05, 3.63) is 70.8 Å². The van der Waals surface area contributed by atoms with E-state index in [1.54, 1.807) is 16.8 Å². The van der Waals surface area contributed by atoms with Gasteiger partial charge in [-0.25, -0.2) is 4.98 Å². The fourth-order valence-electron chi connectivity index (χ4n) is 3.89. The van der Waals surface area contributed by atoms with Crippen LogP contribution in [0, 0.1) is 0 Å². The maximum absolute atomic E-state index is 12.7. The molecular weight excluding hydrogens is 394 g/mol. The first-order valence-electron chi connectivity index (χ1n) is 10.4. The second-order valence-electron chi connectivity index (χ2n) is 7.75. The molecular formula is C23H25N5O3. The zero-order chi connectivity index (χ0) is 21.8. The fourth-order valence-corrected chi connectivity index (χ4v) is 3.89. The smallest absolute Gasteiger partial charge is 0.263 e. The van der Waals surface area contributed by atoms with Gasteiger partial charge in [0.25, 0.3) is 11.5 Å². The Balaban J connectivity index is 1.45. The lowest BCUT2D eigenvalue weighted by Gasteiger charge is -2.13. The lowest BCUT2D eigenvalue weighted by atomic mass is 10.2. The molecule has 3 aromatic rings. The number of hydrogen-bond acceptors (Lipinski definition) is 4. The number of imidazole rings is 1. The van der Waals surface area contributed by atoms with E-state index >= 15 is 0 Å². The number of pyridine rings is 1. The molecule has 8 heteroatoms. The van der Waals surface area contributed by atoms with Gasteiger partial charge in [0.05, 0.1) is 11.9 Å². The van der Waals surface area contributed by atoms with Gasteiger partial charge in [0.1, 0.15) is 12.1 Å². The van der Waals surface area contributed by atoms with Crippen LogP contribution in [-0.2, 0) is 18.4 Å². The summed E-state index contributed by atoms with van der Waals surface area (Å²) in [6.45, 7) is -0.211. The molecule has 1 saturated carbocycles. The topological polar surface area (TPSA) is 98.0 Å². The van der Waals surface area contributed by atoms with Gasteiger partial charge in [-0.2, -0.15) is 0 Å². The molecule has 4 rings (SSSR count). The number of rotatable bonds is 6. The average molecular weight is 419 g/mol. The van der Waals surface area contributed by atoms with Crippen LogP contribution in [0.1, 0.15) is 36.0 Å². The molecule has 0 spiro atoms. The largest absolute Gasteiger partial charge is 0.349 e. The first-order chi connectivity index (χ1) is 15.0. The van der Waals surface area contributed by atoms with Crippen molar-refractivity contribution in [3.63, 3.8) is 0 Å². The summed E-state index contributed by atoms with van der Waals surface area (Å²) in [5.74, 6) is -0.404. The van der Waals surface area contributed by atoms with Gasteiger partial charge < -0.3 is 14.5 Å². The Morgan fingerprint density at radius 1 is 1.10 bits per heavy atom. The summed E-state index contributed by atoms with van der Waals surface area (Å²) in [4.78, 5) is 42.1. The molecule has 0 saturated heterocycles. The second-order valence-corrected chi connectivity index (χ2v) is 7.75. The molecule has 2 N–H and O–H groups in total. The van der Waals surface area contributed by atoms with Crippen molar-refractivity contribution in [2.45, 2.75) is 38.3 Å². The average Bonchev–Trinajstić information content (AvgIpc) is 3.40. The molecule has 0 atom stereocenters. The number of carbonyl (C=O) groups is 2. The van der Waals surface area contributed by atoms with Crippen LogP contribution < -0.4 is 16.2 Å². The van der Waals surface area contributed by atoms with Gasteiger partial charge in [-0.1, -0.05) is 43.2 Å². The molecule has 1 aliphatic rings. The molecule has 0 aliphatic heterocycles. The number of aromatic nitrogens is 3. The van der Waals surface area contributed by atoms with Gasteiger partial charge in [-0.3, -0.25) is 19.7 Å². The van der Waals surface area contributed by atoms with E-state index < -0.39 is 11.5 Å². The van der Waals surface area contributed by atoms with Crippen LogP contribution in [0.4, 0.5) is 5.95 Å². The van der Waals surface area contributed by atoms with Crippen LogP contribution in [-0.4, -0.2) is 32.0 Å². The molecule has 2 aromatic heterocycles. The van der Waals surface area contributed by atoms with E-state index in [4.69, 9.17) is 0 Å². The molecule has 0 unspecified atom stereocenters. The standard InChI is InChI=1S/C23H25N5O3/c1-27-19(16-8-3-2-4-9-16)14-24-23(27)26-20(29)15-28-13-7-12-18(22(28)31)21(30)25-17-10-5-6-11-17/h2-4,7-9,12-14,17H,5-6,10-11,15H2,1H3,(H,25,30)(H,24,26,29). The van der Waals surface area contributed by atoms with Crippen LogP contribution in [0.5, 0.6) is 0 Å². The third-order valence-corrected chi connectivity index (χ3v) is 5.58. The molecule has 160 valence electrons. The fraction of sp³-hybridized carbons (Fsp3) is 0.304. The molecule has 31 heavy (non-hydrogen) atoms. The number of benzene rings is 1. The predicted octanol–water partition coefficient (Wildman–Crippen LogP) is 2.56. The van der Waals surface area contributed by atoms with Crippen LogP contribution in [0.2, 0.25) is 0 Å². The number of nitrogens with zero attached hydrogens (tertiary/aromatic N) is 3. The van der Waals surface area contributed by atoms with E-state index in [2.05, 4.69) is 15.6 Å². The van der Waals surface area contributed by atoms with Crippen molar-refractivity contribution in [2.75, 3.05) is 5.32 Å². The van der Waals surface area contributed by atoms with Gasteiger partial charge in [0.15, 0.2) is 0 Å². The normalized spacial score (nSPS) is 13.8. The summed E-state index contributed by atoms with van der Waals surface area (Å²) in [6.07, 6.45) is 7.23. The van der Waals surface area contributed by atoms with Gasteiger partial charge in [-0.15, -0.1) is 0 Å². The van der Waals surface area contributed by atoms with Crippen molar-refractivity contribution >= 4 is 17.8 Å². The van der Waals surface area contributed by atoms with Gasteiger partial charge >= 0.3 is 0 Å². The predicted molar refractivity (Wildman–Crippen MR) is 118 cm³/mol. The Morgan fingerprint density at radius 2 is 1.84 bits per heavy atom. The minimum absolute atomic E-state index is 0.0468. The first-order valence-corrected chi connectivity index (χ1v) is 10.4. The zero-order valence-corrected chi connectivity index (χ0v) is 17.4. The highest BCUT2D eigenvalue weighted by atomic mass is 16.2. The van der Waals surface area contributed by atoms with Crippen LogP contribution >= 0.6 is 0 Å². The van der Waals surface area contributed by atoms with E-state index in [1.165, 1.54) is 16.8 Å². The van der Waals surface area contributed by atoms with Crippen molar-refractivity contribution in [2.24, 2.45) is 7.05 Å². The van der Waals surface area contributed by atoms with E-state index in [1.807, 2.05) is 37.4 Å². The minimum atomic E-state index is -0.488. The van der Waals surface area contributed by atoms with Crippen LogP contribution in [0.25, 0.3) is 11.3 Å². The van der Waals surface area contributed by atoms with Crippen LogP contribution in [0.3, 0.4) is 0 Å². The Hall–Kier alpha value is -3.68. The quantitative estimate of drug-likeness (QED) is 0.642. The second kappa shape index (κ2) is 8.99. The number of hydrogen-bond donors (Lipinski definition) is 2. The van der Waals surface area contributed by atoms with Gasteiger partial charge in [0, 0.05) is 19.3 Å². The SMILES string of the molecule is Cn1c(-c2ccccc2)cnc1NC(=O)Cn1cccc(C(=O)NC2CCCC2)c1=O. The Kier molecular flexibility index (Phi) is 5.97. The number of carbonyl (C=O) groups excluding carboxylic acids is 2. The number of nitrogens with one attached hydrogen (secondary N) is 2. The monoisotopic (exact) mass is 419 g/mol. The maximum Gasteiger partial charge on any atom is 0.263 e. The number of amides is 2. The molecule has 2 amide bonds. The highest BCUT2D eigenvalue weighted by Crippen LogP contribution is 2.21. The third-order valence-electron chi connectivity index (χ3n) is 5.58. The summed E-state index contributed by atoms with van der Waals surface area (Å²) in [7, 11) is 1.81. The van der Waals surface area contributed by atoms with Crippen molar-refractivity contribution in [3.8, 4) is 11.3 Å². The number of anilines is 1. The van der Waals surface area contributed by atoms with Crippen molar-refractivity contribution in [1.29, 1.82) is 0 Å². The summed E-state index contributed by atoms with van der Waals surface area (Å²) in [5.41, 5.74) is 1.40. The van der Waals surface area contributed by atoms with Crippen LogP contribution in [0.15, 0.2) is 59.7 Å². The van der Waals surface area contributed by atoms with Gasteiger partial charge in [-0.05, 0) is 30.5 Å². The van der Waals surface area contributed by atoms with E-state index in [-0.39, 0.29) is 24.1 Å². The summed E-state index contributed by atoms with van der Waals surface area (Å²) in [5, 5.41) is 5.65. The van der Waals surface area contributed by atoms with E-state index in [0.717, 1.165) is 36.9 Å². The molecule has 0 radical (unpaired) electrons. The summed E-state index contributed by atoms with van der Waals surface area (Å²) < 4.78 is 3.02. The molecule has 1 aromatic carbocycles. The molecule has 2 heterocycles. The lowest BCUT2D eigenvalue weighted by Crippen LogP contribution is -2.38. The molecule has 8 nitrogen and oxygen atoms in total. The highest BCUT2D eigenvalue weighted by Gasteiger charge is 2.20. The zero-order valence-electron chi connectivity index (χ0n) is 17.4. The van der Waals surface area contributed by atoms with E-state index in [9.17, 15) is 14.4 Å². The Labute approximate surface area is 179 Å². The maximum atomic E-state index is 12.7. The van der Waals surface area contributed by atoms with Gasteiger partial charge in [0.2, 0.25) is 11.9 Å². The Bertz CT molecular complexity index is 1140.